The van der Waals surface area contributed by atoms with E-state index in [4.69, 9.17) is 0 Å². The Balaban J connectivity index is 2.12. The van der Waals surface area contributed by atoms with E-state index >= 15 is 0 Å². The molecular formula is C13H9NO. The molecule has 0 heterocycles. The van der Waals surface area contributed by atoms with E-state index in [1.165, 1.54) is 0 Å². The van der Waals surface area contributed by atoms with Crippen LogP contribution in [0.3, 0.4) is 0 Å². The fraction of sp³-hybridized carbons (Fsp3) is 0. The Morgan fingerprint density at radius 2 is 1.93 bits per heavy atom. The van der Waals surface area contributed by atoms with Gasteiger partial charge in [0.25, 0.3) is 5.91 Å². The summed E-state index contributed by atoms with van der Waals surface area (Å²) in [5.74, 6) is -0.133. The Bertz CT molecular complexity index is 437. The molecule has 0 aromatic heterocycles. The average molecular weight is 195 g/mol. The Kier molecular flexibility index (Phi) is 2.79. The van der Waals surface area contributed by atoms with Gasteiger partial charge in [0.2, 0.25) is 0 Å². The van der Waals surface area contributed by atoms with Crippen LogP contribution in [-0.2, 0) is 0 Å². The molecule has 2 rings (SSSR count). The standard InChI is InChI=1S/C13H9NO/c15-13(11-7-3-1-4-8-11)14-12-9-5-2-6-10-12/h1-5,7-8,10H,(H,14,15). The molecule has 1 amide bonds. The highest BCUT2D eigenvalue weighted by Crippen LogP contribution is 2.07. The number of anilines is 1. The molecule has 0 aliphatic carbocycles. The molecule has 15 heavy (non-hydrogen) atoms. The third-order valence-electron chi connectivity index (χ3n) is 1.93. The summed E-state index contributed by atoms with van der Waals surface area (Å²) in [7, 11) is 0. The maximum Gasteiger partial charge on any atom is 0.255 e. The van der Waals surface area contributed by atoms with E-state index in [1.807, 2.05) is 18.2 Å². The number of amides is 1. The van der Waals surface area contributed by atoms with Crippen LogP contribution in [0.25, 0.3) is 0 Å². The molecule has 1 N–H and O–H groups in total. The molecule has 2 heteroatoms. The number of rotatable bonds is 2. The fourth-order valence-corrected chi connectivity index (χ4v) is 1.21. The highest BCUT2D eigenvalue weighted by molar-refractivity contribution is 6.04. The highest BCUT2D eigenvalue weighted by Gasteiger charge is 2.03. The van der Waals surface area contributed by atoms with Gasteiger partial charge in [-0.25, -0.2) is 0 Å². The van der Waals surface area contributed by atoms with E-state index in [1.54, 1.807) is 30.3 Å². The summed E-state index contributed by atoms with van der Waals surface area (Å²) in [4.78, 5) is 11.7. The summed E-state index contributed by atoms with van der Waals surface area (Å²) in [5, 5.41) is 2.73. The summed E-state index contributed by atoms with van der Waals surface area (Å²) in [6.45, 7) is 0. The van der Waals surface area contributed by atoms with Crippen LogP contribution in [0.1, 0.15) is 10.4 Å². The molecule has 0 saturated heterocycles. The minimum atomic E-state index is -0.133. The first kappa shape index (κ1) is 9.46. The number of nitrogens with one attached hydrogen (secondary N) is 1. The predicted molar refractivity (Wildman–Crippen MR) is 58.5 cm³/mol. The van der Waals surface area contributed by atoms with Crippen LogP contribution in [0.15, 0.2) is 48.5 Å². The van der Waals surface area contributed by atoms with Gasteiger partial charge in [-0.3, -0.25) is 4.79 Å². The summed E-state index contributed by atoms with van der Waals surface area (Å²) in [6, 6.07) is 20.0. The molecule has 0 fully saturated rings. The first-order valence-corrected chi connectivity index (χ1v) is 4.60. The molecular weight excluding hydrogens is 186 g/mol. The van der Waals surface area contributed by atoms with E-state index in [0.29, 0.717) is 11.3 Å². The molecule has 2 radical (unpaired) electrons. The smallest absolute Gasteiger partial charge is 0.255 e. The monoisotopic (exact) mass is 195 g/mol. The van der Waals surface area contributed by atoms with Crippen molar-refractivity contribution in [3.05, 3.63) is 66.2 Å². The summed E-state index contributed by atoms with van der Waals surface area (Å²) >= 11 is 0. The van der Waals surface area contributed by atoms with Crippen molar-refractivity contribution < 1.29 is 4.79 Å². The lowest BCUT2D eigenvalue weighted by Crippen LogP contribution is -2.11. The van der Waals surface area contributed by atoms with Crippen molar-refractivity contribution >= 4 is 11.6 Å². The van der Waals surface area contributed by atoms with Crippen molar-refractivity contribution in [1.29, 1.82) is 0 Å². The zero-order valence-corrected chi connectivity index (χ0v) is 8.03. The number of hydrogen-bond donors (Lipinski definition) is 1. The Labute approximate surface area is 88.6 Å². The predicted octanol–water partition coefficient (Wildman–Crippen LogP) is 2.54. The number of carbonyl (C=O) groups is 1. The van der Waals surface area contributed by atoms with E-state index in [0.717, 1.165) is 0 Å². The van der Waals surface area contributed by atoms with E-state index in [2.05, 4.69) is 17.4 Å². The lowest BCUT2D eigenvalue weighted by Gasteiger charge is -2.03. The second-order valence-corrected chi connectivity index (χ2v) is 3.02. The van der Waals surface area contributed by atoms with Crippen LogP contribution in [-0.4, -0.2) is 5.91 Å². The third kappa shape index (κ3) is 2.44. The lowest BCUT2D eigenvalue weighted by atomic mass is 10.2. The van der Waals surface area contributed by atoms with Gasteiger partial charge in [-0.1, -0.05) is 30.3 Å². The maximum atomic E-state index is 11.7. The minimum absolute atomic E-state index is 0.133. The van der Waals surface area contributed by atoms with Gasteiger partial charge in [-0.15, -0.1) is 0 Å². The average Bonchev–Trinajstić information content (AvgIpc) is 2.31. The number of benzene rings is 2. The number of carbonyl (C=O) groups excluding carboxylic acids is 1. The fourth-order valence-electron chi connectivity index (χ4n) is 1.21. The zero-order chi connectivity index (χ0) is 10.5. The Morgan fingerprint density at radius 1 is 1.13 bits per heavy atom. The largest absolute Gasteiger partial charge is 0.321 e. The van der Waals surface area contributed by atoms with E-state index in [9.17, 15) is 4.79 Å². The number of hydrogen-bond acceptors (Lipinski definition) is 1. The summed E-state index contributed by atoms with van der Waals surface area (Å²) in [5.41, 5.74) is 1.26. The summed E-state index contributed by atoms with van der Waals surface area (Å²) < 4.78 is 0. The van der Waals surface area contributed by atoms with Crippen molar-refractivity contribution in [2.75, 3.05) is 5.32 Å². The van der Waals surface area contributed by atoms with Crippen molar-refractivity contribution in [2.24, 2.45) is 0 Å². The topological polar surface area (TPSA) is 29.1 Å². The lowest BCUT2D eigenvalue weighted by molar-refractivity contribution is 0.102. The molecule has 0 aliphatic heterocycles. The quantitative estimate of drug-likeness (QED) is 0.783. The normalized spacial score (nSPS) is 9.60. The van der Waals surface area contributed by atoms with Crippen molar-refractivity contribution in [3.8, 4) is 0 Å². The molecule has 2 aromatic carbocycles. The minimum Gasteiger partial charge on any atom is -0.321 e. The molecule has 0 aliphatic rings. The van der Waals surface area contributed by atoms with Gasteiger partial charge < -0.3 is 5.32 Å². The third-order valence-corrected chi connectivity index (χ3v) is 1.93. The highest BCUT2D eigenvalue weighted by atomic mass is 16.1. The molecule has 72 valence electrons. The van der Waals surface area contributed by atoms with Crippen molar-refractivity contribution in [1.82, 2.24) is 0 Å². The van der Waals surface area contributed by atoms with E-state index in [-0.39, 0.29) is 5.91 Å². The van der Waals surface area contributed by atoms with E-state index < -0.39 is 0 Å². The Hall–Kier alpha value is -2.09. The maximum absolute atomic E-state index is 11.7. The second kappa shape index (κ2) is 4.42. The van der Waals surface area contributed by atoms with Crippen molar-refractivity contribution in [3.63, 3.8) is 0 Å². The first-order chi connectivity index (χ1) is 7.36. The van der Waals surface area contributed by atoms with Crippen LogP contribution < -0.4 is 5.32 Å². The molecule has 0 spiro atoms. The van der Waals surface area contributed by atoms with Crippen LogP contribution in [0, 0.1) is 12.1 Å². The molecule has 0 saturated carbocycles. The molecule has 2 aromatic rings. The van der Waals surface area contributed by atoms with Gasteiger partial charge in [-0.05, 0) is 24.3 Å². The van der Waals surface area contributed by atoms with Crippen LogP contribution in [0.5, 0.6) is 0 Å². The molecule has 0 atom stereocenters. The van der Waals surface area contributed by atoms with Gasteiger partial charge in [0.05, 0.1) is 0 Å². The zero-order valence-electron chi connectivity index (χ0n) is 8.03. The molecule has 2 nitrogen and oxygen atoms in total. The molecule has 0 unspecified atom stereocenters. The van der Waals surface area contributed by atoms with Gasteiger partial charge in [0, 0.05) is 17.3 Å². The molecule has 0 bridgehead atoms. The van der Waals surface area contributed by atoms with Gasteiger partial charge in [0.15, 0.2) is 0 Å². The van der Waals surface area contributed by atoms with Crippen LogP contribution in [0.4, 0.5) is 5.69 Å². The van der Waals surface area contributed by atoms with Crippen LogP contribution >= 0.6 is 0 Å². The second-order valence-electron chi connectivity index (χ2n) is 3.02. The van der Waals surface area contributed by atoms with Crippen molar-refractivity contribution in [2.45, 2.75) is 0 Å². The Morgan fingerprint density at radius 3 is 2.60 bits per heavy atom. The SMILES string of the molecule is O=C(Nc1[c]cc[c]c1)c1ccccc1. The van der Waals surface area contributed by atoms with Crippen LogP contribution in [0.2, 0.25) is 0 Å². The van der Waals surface area contributed by atoms with Gasteiger partial charge in [-0.2, -0.15) is 0 Å². The first-order valence-electron chi connectivity index (χ1n) is 4.60. The van der Waals surface area contributed by atoms with Gasteiger partial charge >= 0.3 is 0 Å². The summed E-state index contributed by atoms with van der Waals surface area (Å²) in [6.07, 6.45) is 0. The van der Waals surface area contributed by atoms with Gasteiger partial charge in [0.1, 0.15) is 0 Å².